The molecule has 5 heteroatoms. The van der Waals surface area contributed by atoms with E-state index in [1.807, 2.05) is 18.7 Å². The smallest absolute Gasteiger partial charge is 0.227 e. The molecule has 0 radical (unpaired) electrons. The summed E-state index contributed by atoms with van der Waals surface area (Å²) in [7, 11) is 0. The van der Waals surface area contributed by atoms with Gasteiger partial charge in [-0.3, -0.25) is 9.59 Å². The van der Waals surface area contributed by atoms with Crippen molar-refractivity contribution in [2.75, 3.05) is 26.2 Å². The summed E-state index contributed by atoms with van der Waals surface area (Å²) >= 11 is 0. The van der Waals surface area contributed by atoms with E-state index >= 15 is 0 Å². The van der Waals surface area contributed by atoms with Crippen LogP contribution in [0.15, 0.2) is 0 Å². The monoisotopic (exact) mass is 282 g/mol. The lowest BCUT2D eigenvalue weighted by molar-refractivity contribution is -0.144. The molecule has 2 aliphatic rings. The van der Waals surface area contributed by atoms with Gasteiger partial charge in [-0.1, -0.05) is 13.8 Å². The number of carbonyl (C=O) groups excluding carboxylic acids is 2. The van der Waals surface area contributed by atoms with Crippen LogP contribution in [0.3, 0.4) is 0 Å². The maximum atomic E-state index is 12.5. The van der Waals surface area contributed by atoms with Crippen LogP contribution in [0, 0.1) is 11.8 Å². The normalized spacial score (nSPS) is 27.8. The summed E-state index contributed by atoms with van der Waals surface area (Å²) in [4.78, 5) is 28.2. The van der Waals surface area contributed by atoms with E-state index in [-0.39, 0.29) is 29.8 Å². The van der Waals surface area contributed by atoms with Gasteiger partial charge < -0.3 is 14.9 Å². The van der Waals surface area contributed by atoms with E-state index in [2.05, 4.69) is 0 Å². The molecule has 0 bridgehead atoms. The Balaban J connectivity index is 1.94. The number of piperidine rings is 2. The van der Waals surface area contributed by atoms with Gasteiger partial charge in [0.15, 0.2) is 0 Å². The highest BCUT2D eigenvalue weighted by Gasteiger charge is 2.33. The highest BCUT2D eigenvalue weighted by molar-refractivity contribution is 5.82. The Labute approximate surface area is 120 Å². The molecule has 0 aromatic heterocycles. The van der Waals surface area contributed by atoms with Gasteiger partial charge in [0.05, 0.1) is 12.0 Å². The Hall–Kier alpha value is -1.10. The summed E-state index contributed by atoms with van der Waals surface area (Å²) < 4.78 is 0. The van der Waals surface area contributed by atoms with Crippen LogP contribution in [0.2, 0.25) is 0 Å². The first-order chi connectivity index (χ1) is 9.49. The average molecular weight is 282 g/mol. The van der Waals surface area contributed by atoms with Crippen molar-refractivity contribution in [2.24, 2.45) is 11.8 Å². The predicted octanol–water partition coefficient (Wildman–Crippen LogP) is 0.864. The van der Waals surface area contributed by atoms with Crippen LogP contribution in [0.1, 0.15) is 39.5 Å². The SMILES string of the molecule is CC(C)C(=O)N1CCCC(C(=O)N2CCC[C@H](O)C2)C1. The van der Waals surface area contributed by atoms with E-state index in [0.29, 0.717) is 13.1 Å². The molecule has 2 saturated heterocycles. The lowest BCUT2D eigenvalue weighted by atomic mass is 9.94. The summed E-state index contributed by atoms with van der Waals surface area (Å²) in [6.45, 7) is 6.30. The zero-order valence-corrected chi connectivity index (χ0v) is 12.5. The van der Waals surface area contributed by atoms with E-state index in [9.17, 15) is 14.7 Å². The fraction of sp³-hybridized carbons (Fsp3) is 0.867. The van der Waals surface area contributed by atoms with Gasteiger partial charge >= 0.3 is 0 Å². The minimum Gasteiger partial charge on any atom is -0.391 e. The first-order valence-electron chi connectivity index (χ1n) is 7.74. The number of nitrogens with zero attached hydrogens (tertiary/aromatic N) is 2. The van der Waals surface area contributed by atoms with Crippen LogP contribution in [0.25, 0.3) is 0 Å². The molecule has 2 fully saturated rings. The fourth-order valence-corrected chi connectivity index (χ4v) is 3.16. The van der Waals surface area contributed by atoms with Gasteiger partial charge in [0.2, 0.25) is 11.8 Å². The Morgan fingerprint density at radius 2 is 1.70 bits per heavy atom. The Bertz CT molecular complexity index is 370. The molecule has 20 heavy (non-hydrogen) atoms. The molecule has 1 unspecified atom stereocenters. The Kier molecular flexibility index (Phi) is 5.02. The van der Waals surface area contributed by atoms with Crippen molar-refractivity contribution in [1.82, 2.24) is 9.80 Å². The summed E-state index contributed by atoms with van der Waals surface area (Å²) in [6.07, 6.45) is 3.02. The number of hydrogen-bond donors (Lipinski definition) is 1. The molecule has 0 spiro atoms. The maximum absolute atomic E-state index is 12.5. The number of likely N-dealkylation sites (tertiary alicyclic amines) is 2. The molecule has 2 heterocycles. The number of carbonyl (C=O) groups is 2. The van der Waals surface area contributed by atoms with Crippen LogP contribution >= 0.6 is 0 Å². The minimum absolute atomic E-state index is 0.0133. The van der Waals surface area contributed by atoms with Crippen molar-refractivity contribution in [2.45, 2.75) is 45.6 Å². The van der Waals surface area contributed by atoms with E-state index < -0.39 is 0 Å². The van der Waals surface area contributed by atoms with Crippen molar-refractivity contribution in [3.05, 3.63) is 0 Å². The summed E-state index contributed by atoms with van der Waals surface area (Å²) in [5, 5.41) is 9.68. The quantitative estimate of drug-likeness (QED) is 0.817. The van der Waals surface area contributed by atoms with Crippen molar-refractivity contribution < 1.29 is 14.7 Å². The first kappa shape index (κ1) is 15.3. The van der Waals surface area contributed by atoms with Crippen LogP contribution < -0.4 is 0 Å². The molecule has 2 rings (SSSR count). The van der Waals surface area contributed by atoms with E-state index in [1.165, 1.54) is 0 Å². The second-order valence-corrected chi connectivity index (χ2v) is 6.36. The molecule has 1 N–H and O–H groups in total. The van der Waals surface area contributed by atoms with Crippen LogP contribution in [-0.2, 0) is 9.59 Å². The molecule has 2 aliphatic heterocycles. The van der Waals surface area contributed by atoms with Crippen molar-refractivity contribution in [1.29, 1.82) is 0 Å². The fourth-order valence-electron chi connectivity index (χ4n) is 3.16. The van der Waals surface area contributed by atoms with Gasteiger partial charge in [-0.15, -0.1) is 0 Å². The minimum atomic E-state index is -0.385. The third-order valence-electron chi connectivity index (χ3n) is 4.28. The zero-order valence-electron chi connectivity index (χ0n) is 12.5. The highest BCUT2D eigenvalue weighted by Crippen LogP contribution is 2.22. The number of β-amino-alcohol motifs (C(OH)–C–C–N with tert-alkyl or cyclic N) is 1. The molecular formula is C15H26N2O3. The molecule has 2 atom stereocenters. The van der Waals surface area contributed by atoms with Crippen molar-refractivity contribution in [3.8, 4) is 0 Å². The highest BCUT2D eigenvalue weighted by atomic mass is 16.3. The van der Waals surface area contributed by atoms with Crippen LogP contribution in [0.4, 0.5) is 0 Å². The third kappa shape index (κ3) is 3.51. The lowest BCUT2D eigenvalue weighted by Crippen LogP contribution is -2.50. The standard InChI is InChI=1S/C15H26N2O3/c1-11(2)14(19)16-7-3-5-12(9-16)15(20)17-8-4-6-13(18)10-17/h11-13,18H,3-10H2,1-2H3/t12?,13-/m0/s1. The second-order valence-electron chi connectivity index (χ2n) is 6.36. The molecule has 0 aromatic carbocycles. The van der Waals surface area contributed by atoms with Gasteiger partial charge in [-0.25, -0.2) is 0 Å². The number of aliphatic hydroxyl groups is 1. The number of aliphatic hydroxyl groups excluding tert-OH is 1. The van der Waals surface area contributed by atoms with E-state index in [1.54, 1.807) is 4.90 Å². The average Bonchev–Trinajstić information content (AvgIpc) is 2.45. The van der Waals surface area contributed by atoms with E-state index in [4.69, 9.17) is 0 Å². The second kappa shape index (κ2) is 6.57. The molecule has 2 amide bonds. The third-order valence-corrected chi connectivity index (χ3v) is 4.28. The molecular weight excluding hydrogens is 256 g/mol. The predicted molar refractivity (Wildman–Crippen MR) is 76.0 cm³/mol. The summed E-state index contributed by atoms with van der Waals surface area (Å²) in [5.74, 6) is 0.156. The van der Waals surface area contributed by atoms with Crippen LogP contribution in [0.5, 0.6) is 0 Å². The molecule has 0 aliphatic carbocycles. The van der Waals surface area contributed by atoms with E-state index in [0.717, 1.165) is 38.8 Å². The Morgan fingerprint density at radius 3 is 2.35 bits per heavy atom. The summed E-state index contributed by atoms with van der Waals surface area (Å²) in [5.41, 5.74) is 0. The lowest BCUT2D eigenvalue weighted by Gasteiger charge is -2.37. The van der Waals surface area contributed by atoms with Crippen molar-refractivity contribution >= 4 is 11.8 Å². The van der Waals surface area contributed by atoms with Crippen molar-refractivity contribution in [3.63, 3.8) is 0 Å². The topological polar surface area (TPSA) is 60.9 Å². The molecule has 5 nitrogen and oxygen atoms in total. The van der Waals surface area contributed by atoms with Gasteiger partial charge in [0, 0.05) is 32.1 Å². The Morgan fingerprint density at radius 1 is 1.05 bits per heavy atom. The number of hydrogen-bond acceptors (Lipinski definition) is 3. The zero-order chi connectivity index (χ0) is 14.7. The molecule has 114 valence electrons. The number of rotatable bonds is 2. The number of amides is 2. The first-order valence-corrected chi connectivity index (χ1v) is 7.74. The van der Waals surface area contributed by atoms with Gasteiger partial charge in [0.25, 0.3) is 0 Å². The molecule has 0 aromatic rings. The largest absolute Gasteiger partial charge is 0.391 e. The van der Waals surface area contributed by atoms with Gasteiger partial charge in [-0.05, 0) is 25.7 Å². The molecule has 0 saturated carbocycles. The van der Waals surface area contributed by atoms with Gasteiger partial charge in [-0.2, -0.15) is 0 Å². The maximum Gasteiger partial charge on any atom is 0.227 e. The van der Waals surface area contributed by atoms with Crippen LogP contribution in [-0.4, -0.2) is 59.0 Å². The summed E-state index contributed by atoms with van der Waals surface area (Å²) in [6, 6.07) is 0. The van der Waals surface area contributed by atoms with Gasteiger partial charge in [0.1, 0.15) is 0 Å².